The van der Waals surface area contributed by atoms with Crippen LogP contribution < -0.4 is 4.74 Å². The van der Waals surface area contributed by atoms with Crippen molar-refractivity contribution in [1.82, 2.24) is 0 Å². The van der Waals surface area contributed by atoms with Gasteiger partial charge in [0.05, 0.1) is 0 Å². The smallest absolute Gasteiger partial charge is 0.120 e. The number of ether oxygens (including phenoxy) is 1. The van der Waals surface area contributed by atoms with Crippen molar-refractivity contribution >= 4 is 0 Å². The molecule has 0 aliphatic carbocycles. The summed E-state index contributed by atoms with van der Waals surface area (Å²) in [6, 6.07) is 8.52. The Morgan fingerprint density at radius 3 is 1.94 bits per heavy atom. The summed E-state index contributed by atoms with van der Waals surface area (Å²) in [4.78, 5) is 0. The highest BCUT2D eigenvalue weighted by molar-refractivity contribution is 5.29. The lowest BCUT2D eigenvalue weighted by atomic mass is 9.99. The van der Waals surface area contributed by atoms with E-state index < -0.39 is 0 Å². The largest absolute Gasteiger partial charge is 0.488 e. The molecule has 0 amide bonds. The van der Waals surface area contributed by atoms with Gasteiger partial charge in [-0.3, -0.25) is 0 Å². The van der Waals surface area contributed by atoms with E-state index in [0.717, 1.165) is 12.2 Å². The summed E-state index contributed by atoms with van der Waals surface area (Å²) in [6.07, 6.45) is 2.20. The molecular weight excluding hydrogens is 220 g/mol. The summed E-state index contributed by atoms with van der Waals surface area (Å²) >= 11 is 0. The molecule has 1 aromatic rings. The standard InChI is InChI=1S/C15H24O.2CH4/c1-6-12(3)13-8-10-14(11-9-13)16-15(4,5)7-2;;/h8-12H,6-7H2,1-5H3;2*1H4. The van der Waals surface area contributed by atoms with Crippen molar-refractivity contribution in [2.75, 3.05) is 0 Å². The van der Waals surface area contributed by atoms with Crippen molar-refractivity contribution in [3.8, 4) is 5.75 Å². The monoisotopic (exact) mass is 252 g/mol. The minimum atomic E-state index is -0.0715. The highest BCUT2D eigenvalue weighted by Gasteiger charge is 2.16. The Kier molecular flexibility index (Phi) is 8.80. The molecule has 0 N–H and O–H groups in total. The van der Waals surface area contributed by atoms with Crippen LogP contribution in [0.5, 0.6) is 5.75 Å². The summed E-state index contributed by atoms with van der Waals surface area (Å²) in [6.45, 7) is 10.9. The van der Waals surface area contributed by atoms with Gasteiger partial charge in [0.1, 0.15) is 11.4 Å². The van der Waals surface area contributed by atoms with Gasteiger partial charge in [0, 0.05) is 0 Å². The maximum absolute atomic E-state index is 5.92. The van der Waals surface area contributed by atoms with Crippen LogP contribution in [0.4, 0.5) is 0 Å². The molecule has 1 aromatic carbocycles. The fourth-order valence-corrected chi connectivity index (χ4v) is 1.49. The van der Waals surface area contributed by atoms with E-state index >= 15 is 0 Å². The highest BCUT2D eigenvalue weighted by Crippen LogP contribution is 2.24. The fraction of sp³-hybridized carbons (Fsp3) is 0.647. The number of rotatable bonds is 5. The normalized spacial score (nSPS) is 12.1. The molecule has 0 aromatic heterocycles. The van der Waals surface area contributed by atoms with Crippen molar-refractivity contribution in [2.24, 2.45) is 0 Å². The second kappa shape index (κ2) is 8.18. The number of benzene rings is 1. The third kappa shape index (κ3) is 5.57. The van der Waals surface area contributed by atoms with E-state index in [2.05, 4.69) is 58.9 Å². The Labute approximate surface area is 115 Å². The molecule has 0 saturated heterocycles. The average molecular weight is 252 g/mol. The minimum Gasteiger partial charge on any atom is -0.488 e. The molecule has 18 heavy (non-hydrogen) atoms. The Morgan fingerprint density at radius 1 is 1.06 bits per heavy atom. The van der Waals surface area contributed by atoms with Crippen molar-refractivity contribution in [3.63, 3.8) is 0 Å². The molecule has 1 nitrogen and oxygen atoms in total. The summed E-state index contributed by atoms with van der Waals surface area (Å²) in [7, 11) is 0. The summed E-state index contributed by atoms with van der Waals surface area (Å²) in [5.41, 5.74) is 1.32. The molecule has 0 spiro atoms. The van der Waals surface area contributed by atoms with E-state index in [-0.39, 0.29) is 20.5 Å². The van der Waals surface area contributed by atoms with Crippen molar-refractivity contribution in [1.29, 1.82) is 0 Å². The first-order valence-corrected chi connectivity index (χ1v) is 6.27. The van der Waals surface area contributed by atoms with E-state index in [4.69, 9.17) is 4.74 Å². The van der Waals surface area contributed by atoms with Gasteiger partial charge in [-0.05, 0) is 50.3 Å². The van der Waals surface area contributed by atoms with Gasteiger partial charge in [-0.25, -0.2) is 0 Å². The van der Waals surface area contributed by atoms with Gasteiger partial charge in [-0.2, -0.15) is 0 Å². The van der Waals surface area contributed by atoms with Crippen LogP contribution in [0, 0.1) is 0 Å². The van der Waals surface area contributed by atoms with E-state index in [1.165, 1.54) is 12.0 Å². The van der Waals surface area contributed by atoms with Crippen LogP contribution in [0.15, 0.2) is 24.3 Å². The van der Waals surface area contributed by atoms with Gasteiger partial charge in [-0.15, -0.1) is 0 Å². The zero-order valence-electron chi connectivity index (χ0n) is 11.2. The molecule has 106 valence electrons. The molecular formula is C17H32O. The Balaban J connectivity index is 0. The molecule has 0 aliphatic rings. The SMILES string of the molecule is C.C.CCC(C)c1ccc(OC(C)(C)CC)cc1. The number of hydrogen-bond donors (Lipinski definition) is 0. The first kappa shape index (κ1) is 19.4. The maximum Gasteiger partial charge on any atom is 0.120 e. The van der Waals surface area contributed by atoms with Crippen LogP contribution in [0.2, 0.25) is 0 Å². The molecule has 0 aliphatic heterocycles. The lowest BCUT2D eigenvalue weighted by Crippen LogP contribution is -2.26. The van der Waals surface area contributed by atoms with E-state index in [0.29, 0.717) is 5.92 Å². The molecule has 1 atom stereocenters. The second-order valence-electron chi connectivity index (χ2n) is 5.09. The summed E-state index contributed by atoms with van der Waals surface area (Å²) < 4.78 is 5.92. The molecule has 0 radical (unpaired) electrons. The minimum absolute atomic E-state index is 0. The quantitative estimate of drug-likeness (QED) is 0.620. The van der Waals surface area contributed by atoms with Gasteiger partial charge in [0.25, 0.3) is 0 Å². The van der Waals surface area contributed by atoms with Gasteiger partial charge >= 0.3 is 0 Å². The van der Waals surface area contributed by atoms with E-state index in [1.807, 2.05) is 0 Å². The van der Waals surface area contributed by atoms with Crippen LogP contribution >= 0.6 is 0 Å². The van der Waals surface area contributed by atoms with Crippen LogP contribution in [0.3, 0.4) is 0 Å². The van der Waals surface area contributed by atoms with Crippen LogP contribution in [0.1, 0.15) is 73.8 Å². The molecule has 0 heterocycles. The van der Waals surface area contributed by atoms with Crippen LogP contribution in [-0.2, 0) is 0 Å². The Morgan fingerprint density at radius 2 is 1.56 bits per heavy atom. The number of hydrogen-bond acceptors (Lipinski definition) is 1. The molecule has 1 rings (SSSR count). The molecule has 0 fully saturated rings. The van der Waals surface area contributed by atoms with Crippen molar-refractivity contribution in [2.45, 2.75) is 73.8 Å². The summed E-state index contributed by atoms with van der Waals surface area (Å²) in [5, 5.41) is 0. The Hall–Kier alpha value is -0.980. The third-order valence-corrected chi connectivity index (χ3v) is 3.31. The van der Waals surface area contributed by atoms with E-state index in [9.17, 15) is 0 Å². The lowest BCUT2D eigenvalue weighted by Gasteiger charge is -2.25. The highest BCUT2D eigenvalue weighted by atomic mass is 16.5. The molecule has 1 heteroatoms. The fourth-order valence-electron chi connectivity index (χ4n) is 1.49. The van der Waals surface area contributed by atoms with Crippen molar-refractivity contribution < 1.29 is 4.74 Å². The van der Waals surface area contributed by atoms with Crippen molar-refractivity contribution in [3.05, 3.63) is 29.8 Å². The van der Waals surface area contributed by atoms with Crippen LogP contribution in [-0.4, -0.2) is 5.60 Å². The molecule has 0 bridgehead atoms. The molecule has 0 saturated carbocycles. The second-order valence-corrected chi connectivity index (χ2v) is 5.09. The zero-order chi connectivity index (χ0) is 12.2. The van der Waals surface area contributed by atoms with Gasteiger partial charge < -0.3 is 4.74 Å². The predicted molar refractivity (Wildman–Crippen MR) is 83.6 cm³/mol. The van der Waals surface area contributed by atoms with Crippen LogP contribution in [0.25, 0.3) is 0 Å². The topological polar surface area (TPSA) is 9.23 Å². The molecule has 1 unspecified atom stereocenters. The van der Waals surface area contributed by atoms with Gasteiger partial charge in [-0.1, -0.05) is 47.8 Å². The predicted octanol–water partition coefficient (Wildman–Crippen LogP) is 6.04. The lowest BCUT2D eigenvalue weighted by molar-refractivity contribution is 0.105. The maximum atomic E-state index is 5.92. The third-order valence-electron chi connectivity index (χ3n) is 3.31. The Bertz CT molecular complexity index is 311. The average Bonchev–Trinajstić information content (AvgIpc) is 2.28. The van der Waals surface area contributed by atoms with E-state index in [1.54, 1.807) is 0 Å². The first-order chi connectivity index (χ1) is 7.48. The first-order valence-electron chi connectivity index (χ1n) is 6.27. The zero-order valence-corrected chi connectivity index (χ0v) is 11.2. The van der Waals surface area contributed by atoms with Gasteiger partial charge in [0.15, 0.2) is 0 Å². The summed E-state index contributed by atoms with van der Waals surface area (Å²) in [5.74, 6) is 1.60. The van der Waals surface area contributed by atoms with Gasteiger partial charge in [0.2, 0.25) is 0 Å².